The Hall–Kier alpha value is -0.930. The molecule has 1 aromatic carbocycles. The molecule has 1 rings (SSSR count). The molecule has 0 bridgehead atoms. The van der Waals surface area contributed by atoms with Gasteiger partial charge >= 0.3 is 0 Å². The number of halogens is 2. The number of rotatable bonds is 7. The van der Waals surface area contributed by atoms with Crippen molar-refractivity contribution in [2.75, 3.05) is 12.0 Å². The third-order valence-corrected chi connectivity index (χ3v) is 3.36. The van der Waals surface area contributed by atoms with Gasteiger partial charge in [-0.2, -0.15) is 5.10 Å². The van der Waals surface area contributed by atoms with E-state index in [1.54, 1.807) is 12.1 Å². The van der Waals surface area contributed by atoms with Crippen molar-refractivity contribution in [1.29, 1.82) is 0 Å². The van der Waals surface area contributed by atoms with Crippen LogP contribution in [0.4, 0.5) is 5.69 Å². The zero-order chi connectivity index (χ0) is 16.0. The summed E-state index contributed by atoms with van der Waals surface area (Å²) in [5.41, 5.74) is 3.04. The van der Waals surface area contributed by atoms with Crippen LogP contribution in [-0.2, 0) is 0 Å². The lowest BCUT2D eigenvalue weighted by Crippen LogP contribution is -2.46. The first-order chi connectivity index (χ1) is 9.86. The summed E-state index contributed by atoms with van der Waals surface area (Å²) in [5.74, 6) is 0. The van der Waals surface area contributed by atoms with Gasteiger partial charge in [-0.05, 0) is 18.2 Å². The van der Waals surface area contributed by atoms with Gasteiger partial charge in [0.2, 0.25) is 0 Å². The SMILES string of the molecule is OC[C@@H](O)[C@@H](O)[C@H](O)[C@H](O)C=NNc1ccc(Cl)c(Cl)c1. The van der Waals surface area contributed by atoms with Crippen LogP contribution in [0, 0.1) is 0 Å². The topological polar surface area (TPSA) is 126 Å². The molecule has 118 valence electrons. The van der Waals surface area contributed by atoms with E-state index in [-0.39, 0.29) is 0 Å². The molecule has 0 saturated carbocycles. The second kappa shape index (κ2) is 8.50. The smallest absolute Gasteiger partial charge is 0.119 e. The molecule has 0 aliphatic heterocycles. The number of aliphatic hydroxyl groups is 5. The number of benzene rings is 1. The fourth-order valence-corrected chi connectivity index (χ4v) is 1.68. The summed E-state index contributed by atoms with van der Waals surface area (Å²) in [6.07, 6.45) is -5.59. The van der Waals surface area contributed by atoms with Crippen molar-refractivity contribution in [3.05, 3.63) is 28.2 Å². The van der Waals surface area contributed by atoms with Crippen molar-refractivity contribution >= 4 is 35.1 Å². The molecule has 0 aromatic heterocycles. The molecule has 0 heterocycles. The first kappa shape index (κ1) is 18.1. The number of anilines is 1. The lowest BCUT2D eigenvalue weighted by molar-refractivity contribution is -0.0999. The van der Waals surface area contributed by atoms with Gasteiger partial charge in [0, 0.05) is 0 Å². The first-order valence-corrected chi connectivity index (χ1v) is 6.69. The highest BCUT2D eigenvalue weighted by Gasteiger charge is 2.29. The van der Waals surface area contributed by atoms with Crippen LogP contribution in [0.25, 0.3) is 0 Å². The first-order valence-electron chi connectivity index (χ1n) is 5.94. The Balaban J connectivity index is 2.57. The standard InChI is InChI=1S/C12H16Cl2N2O5/c13-7-2-1-6(3-8(7)14)16-15-4-9(18)11(20)12(21)10(19)5-17/h1-4,9-12,16-21H,5H2/t9-,10-,11-,12-/m1/s1. The predicted molar refractivity (Wildman–Crippen MR) is 79.7 cm³/mol. The minimum absolute atomic E-state index is 0.318. The van der Waals surface area contributed by atoms with Crippen LogP contribution in [0.1, 0.15) is 0 Å². The minimum atomic E-state index is -1.71. The molecular formula is C12H16Cl2N2O5. The second-order valence-corrected chi connectivity index (χ2v) is 5.05. The van der Waals surface area contributed by atoms with E-state index in [2.05, 4.69) is 10.5 Å². The molecule has 6 N–H and O–H groups in total. The molecule has 0 saturated heterocycles. The molecule has 0 aliphatic rings. The number of hydrogen-bond acceptors (Lipinski definition) is 7. The van der Waals surface area contributed by atoms with Gasteiger partial charge in [0.05, 0.1) is 28.6 Å². The number of nitrogens with zero attached hydrogens (tertiary/aromatic N) is 1. The van der Waals surface area contributed by atoms with Crippen LogP contribution < -0.4 is 5.43 Å². The summed E-state index contributed by atoms with van der Waals surface area (Å²) in [6.45, 7) is -0.746. The third kappa shape index (κ3) is 5.40. The van der Waals surface area contributed by atoms with E-state index in [0.29, 0.717) is 15.7 Å². The highest BCUT2D eigenvalue weighted by Crippen LogP contribution is 2.24. The number of hydrogen-bond donors (Lipinski definition) is 6. The van der Waals surface area contributed by atoms with Crippen molar-refractivity contribution in [2.45, 2.75) is 24.4 Å². The summed E-state index contributed by atoms with van der Waals surface area (Å²) in [5, 5.41) is 50.7. The summed E-state index contributed by atoms with van der Waals surface area (Å²) < 4.78 is 0. The maximum Gasteiger partial charge on any atom is 0.119 e. The summed E-state index contributed by atoms with van der Waals surface area (Å²) in [4.78, 5) is 0. The lowest BCUT2D eigenvalue weighted by atomic mass is 10.0. The number of nitrogens with one attached hydrogen (secondary N) is 1. The number of hydrazone groups is 1. The van der Waals surface area contributed by atoms with E-state index >= 15 is 0 Å². The van der Waals surface area contributed by atoms with Gasteiger partial charge in [-0.1, -0.05) is 23.2 Å². The predicted octanol–water partition coefficient (Wildman–Crippen LogP) is -0.173. The van der Waals surface area contributed by atoms with E-state index < -0.39 is 31.0 Å². The molecule has 0 spiro atoms. The van der Waals surface area contributed by atoms with E-state index in [4.69, 9.17) is 33.4 Å². The van der Waals surface area contributed by atoms with Crippen LogP contribution in [0.3, 0.4) is 0 Å². The summed E-state index contributed by atoms with van der Waals surface area (Å²) in [7, 11) is 0. The van der Waals surface area contributed by atoms with Crippen molar-refractivity contribution in [2.24, 2.45) is 5.10 Å². The molecule has 0 fully saturated rings. The van der Waals surface area contributed by atoms with Gasteiger partial charge in [-0.25, -0.2) is 0 Å². The second-order valence-electron chi connectivity index (χ2n) is 4.24. The van der Waals surface area contributed by atoms with Gasteiger partial charge in [0.1, 0.15) is 24.4 Å². The Morgan fingerprint density at radius 3 is 2.33 bits per heavy atom. The molecule has 0 aliphatic carbocycles. The average Bonchev–Trinajstić information content (AvgIpc) is 2.48. The van der Waals surface area contributed by atoms with E-state index in [0.717, 1.165) is 6.21 Å². The Bertz CT molecular complexity index is 489. The number of aliphatic hydroxyl groups excluding tert-OH is 5. The molecular weight excluding hydrogens is 323 g/mol. The van der Waals surface area contributed by atoms with Crippen molar-refractivity contribution in [1.82, 2.24) is 0 Å². The quantitative estimate of drug-likeness (QED) is 0.303. The molecule has 0 amide bonds. The zero-order valence-electron chi connectivity index (χ0n) is 10.8. The molecule has 7 nitrogen and oxygen atoms in total. The highest BCUT2D eigenvalue weighted by atomic mass is 35.5. The van der Waals surface area contributed by atoms with Gasteiger partial charge < -0.3 is 25.5 Å². The Labute approximate surface area is 131 Å². The van der Waals surface area contributed by atoms with Crippen LogP contribution in [0.2, 0.25) is 10.0 Å². The zero-order valence-corrected chi connectivity index (χ0v) is 12.3. The van der Waals surface area contributed by atoms with Gasteiger partial charge in [0.25, 0.3) is 0 Å². The Morgan fingerprint density at radius 1 is 1.10 bits per heavy atom. The lowest BCUT2D eigenvalue weighted by Gasteiger charge is -2.23. The fourth-order valence-electron chi connectivity index (χ4n) is 1.38. The Morgan fingerprint density at radius 2 is 1.76 bits per heavy atom. The van der Waals surface area contributed by atoms with Crippen molar-refractivity contribution < 1.29 is 25.5 Å². The molecule has 4 atom stereocenters. The monoisotopic (exact) mass is 338 g/mol. The molecule has 21 heavy (non-hydrogen) atoms. The fraction of sp³-hybridized carbons (Fsp3) is 0.417. The molecule has 9 heteroatoms. The van der Waals surface area contributed by atoms with E-state index in [1.807, 2.05) is 0 Å². The largest absolute Gasteiger partial charge is 0.394 e. The summed E-state index contributed by atoms with van der Waals surface area (Å²) in [6, 6.07) is 4.65. The average molecular weight is 339 g/mol. The summed E-state index contributed by atoms with van der Waals surface area (Å²) >= 11 is 11.5. The van der Waals surface area contributed by atoms with Crippen molar-refractivity contribution in [3.63, 3.8) is 0 Å². The van der Waals surface area contributed by atoms with Gasteiger partial charge in [0.15, 0.2) is 0 Å². The van der Waals surface area contributed by atoms with Gasteiger partial charge in [-0.15, -0.1) is 0 Å². The maximum atomic E-state index is 9.57. The van der Waals surface area contributed by atoms with E-state index in [1.165, 1.54) is 6.07 Å². The minimum Gasteiger partial charge on any atom is -0.394 e. The Kier molecular flexibility index (Phi) is 7.33. The molecule has 1 aromatic rings. The van der Waals surface area contributed by atoms with Crippen LogP contribution >= 0.6 is 23.2 Å². The van der Waals surface area contributed by atoms with Crippen LogP contribution in [0.15, 0.2) is 23.3 Å². The maximum absolute atomic E-state index is 9.57. The highest BCUT2D eigenvalue weighted by molar-refractivity contribution is 6.42. The van der Waals surface area contributed by atoms with Crippen LogP contribution in [0.5, 0.6) is 0 Å². The molecule has 0 unspecified atom stereocenters. The van der Waals surface area contributed by atoms with Crippen molar-refractivity contribution in [3.8, 4) is 0 Å². The van der Waals surface area contributed by atoms with Crippen LogP contribution in [-0.4, -0.2) is 62.8 Å². The third-order valence-electron chi connectivity index (χ3n) is 2.62. The molecule has 0 radical (unpaired) electrons. The normalized spacial score (nSPS) is 17.5. The van der Waals surface area contributed by atoms with E-state index in [9.17, 15) is 15.3 Å². The van der Waals surface area contributed by atoms with Gasteiger partial charge in [-0.3, -0.25) is 5.43 Å².